The Bertz CT molecular complexity index is 518. The topological polar surface area (TPSA) is 55.6 Å². The summed E-state index contributed by atoms with van der Waals surface area (Å²) in [5, 5.41) is 0. The number of amides is 1. The van der Waals surface area contributed by atoms with Crippen LogP contribution in [0.15, 0.2) is 24.3 Å². The summed E-state index contributed by atoms with van der Waals surface area (Å²) in [5.74, 6) is 1.22. The van der Waals surface area contributed by atoms with E-state index in [1.807, 2.05) is 36.9 Å². The van der Waals surface area contributed by atoms with E-state index in [0.717, 1.165) is 31.7 Å². The van der Waals surface area contributed by atoms with Gasteiger partial charge in [-0.3, -0.25) is 4.79 Å². The molecule has 4 heteroatoms. The monoisotopic (exact) mass is 304 g/mol. The van der Waals surface area contributed by atoms with Crippen molar-refractivity contribution in [3.63, 3.8) is 0 Å². The minimum absolute atomic E-state index is 0.0364. The van der Waals surface area contributed by atoms with Crippen LogP contribution in [-0.2, 0) is 4.79 Å². The van der Waals surface area contributed by atoms with Crippen molar-refractivity contribution in [2.75, 3.05) is 13.1 Å². The van der Waals surface area contributed by atoms with Gasteiger partial charge in [0, 0.05) is 19.1 Å². The molecule has 0 aliphatic carbocycles. The summed E-state index contributed by atoms with van der Waals surface area (Å²) < 4.78 is 6.01. The Labute approximate surface area is 133 Å². The highest BCUT2D eigenvalue weighted by atomic mass is 16.5. The maximum Gasteiger partial charge on any atom is 0.266 e. The molecule has 0 saturated carbocycles. The number of rotatable bonds is 4. The number of benzene rings is 1. The first-order valence-electron chi connectivity index (χ1n) is 8.13. The molecular formula is C18H28N2O2. The van der Waals surface area contributed by atoms with Gasteiger partial charge in [0.2, 0.25) is 0 Å². The standard InChI is InChI=1S/C18H28N2O2/c1-13(2)14-6-5-7-16(12-14)22-18(3,4)17(21)20-10-8-15(19)9-11-20/h5-7,12-13,15H,8-11,19H2,1-4H3. The van der Waals surface area contributed by atoms with Crippen LogP contribution < -0.4 is 10.5 Å². The predicted octanol–water partition coefficient (Wildman–Crippen LogP) is 2.92. The fourth-order valence-corrected chi connectivity index (χ4v) is 2.76. The van der Waals surface area contributed by atoms with Crippen molar-refractivity contribution in [2.24, 2.45) is 5.73 Å². The molecule has 1 aromatic rings. The molecule has 1 fully saturated rings. The van der Waals surface area contributed by atoms with Crippen LogP contribution in [0.25, 0.3) is 0 Å². The SMILES string of the molecule is CC(C)c1cccc(OC(C)(C)C(=O)N2CCC(N)CC2)c1. The summed E-state index contributed by atoms with van der Waals surface area (Å²) in [7, 11) is 0. The highest BCUT2D eigenvalue weighted by molar-refractivity contribution is 5.85. The first kappa shape index (κ1) is 16.8. The van der Waals surface area contributed by atoms with Gasteiger partial charge in [0.05, 0.1) is 0 Å². The molecule has 22 heavy (non-hydrogen) atoms. The Morgan fingerprint density at radius 3 is 2.55 bits per heavy atom. The Kier molecular flexibility index (Phi) is 5.12. The van der Waals surface area contributed by atoms with Crippen molar-refractivity contribution in [2.45, 2.75) is 58.1 Å². The van der Waals surface area contributed by atoms with Gasteiger partial charge in [-0.1, -0.05) is 26.0 Å². The van der Waals surface area contributed by atoms with Crippen molar-refractivity contribution in [1.82, 2.24) is 4.90 Å². The molecule has 1 saturated heterocycles. The Morgan fingerprint density at radius 1 is 1.32 bits per heavy atom. The second-order valence-electron chi connectivity index (χ2n) is 6.97. The van der Waals surface area contributed by atoms with E-state index in [2.05, 4.69) is 19.9 Å². The molecule has 1 heterocycles. The quantitative estimate of drug-likeness (QED) is 0.930. The number of carbonyl (C=O) groups is 1. The summed E-state index contributed by atoms with van der Waals surface area (Å²) in [6.07, 6.45) is 1.73. The fourth-order valence-electron chi connectivity index (χ4n) is 2.76. The Morgan fingerprint density at radius 2 is 1.95 bits per heavy atom. The van der Waals surface area contributed by atoms with E-state index in [1.165, 1.54) is 5.56 Å². The molecule has 0 bridgehead atoms. The molecule has 0 atom stereocenters. The summed E-state index contributed by atoms with van der Waals surface area (Å²) >= 11 is 0. The largest absolute Gasteiger partial charge is 0.478 e. The molecule has 1 amide bonds. The first-order chi connectivity index (χ1) is 10.3. The predicted molar refractivity (Wildman–Crippen MR) is 89.0 cm³/mol. The van der Waals surface area contributed by atoms with Gasteiger partial charge < -0.3 is 15.4 Å². The van der Waals surface area contributed by atoms with E-state index in [-0.39, 0.29) is 11.9 Å². The van der Waals surface area contributed by atoms with Crippen molar-refractivity contribution in [1.29, 1.82) is 0 Å². The van der Waals surface area contributed by atoms with Crippen LogP contribution in [0.1, 0.15) is 52.0 Å². The first-order valence-corrected chi connectivity index (χ1v) is 8.13. The van der Waals surface area contributed by atoms with Crippen molar-refractivity contribution >= 4 is 5.91 Å². The number of hydrogen-bond acceptors (Lipinski definition) is 3. The van der Waals surface area contributed by atoms with E-state index >= 15 is 0 Å². The van der Waals surface area contributed by atoms with E-state index in [4.69, 9.17) is 10.5 Å². The zero-order valence-electron chi connectivity index (χ0n) is 14.1. The van der Waals surface area contributed by atoms with Crippen LogP contribution >= 0.6 is 0 Å². The number of ether oxygens (including phenoxy) is 1. The zero-order chi connectivity index (χ0) is 16.3. The third-order valence-corrected chi connectivity index (χ3v) is 4.24. The minimum Gasteiger partial charge on any atom is -0.478 e. The third-order valence-electron chi connectivity index (χ3n) is 4.24. The van der Waals surface area contributed by atoms with Crippen LogP contribution in [0.5, 0.6) is 5.75 Å². The normalized spacial score (nSPS) is 16.9. The molecule has 0 spiro atoms. The molecule has 2 N–H and O–H groups in total. The molecule has 122 valence electrons. The number of likely N-dealkylation sites (tertiary alicyclic amines) is 1. The lowest BCUT2D eigenvalue weighted by atomic mass is 10.0. The van der Waals surface area contributed by atoms with Gasteiger partial charge in [0.1, 0.15) is 5.75 Å². The zero-order valence-corrected chi connectivity index (χ0v) is 14.1. The third kappa shape index (κ3) is 4.01. The molecule has 1 aromatic carbocycles. The molecule has 1 aliphatic rings. The van der Waals surface area contributed by atoms with Crippen LogP contribution in [0.3, 0.4) is 0 Å². The van der Waals surface area contributed by atoms with Gasteiger partial charge in [-0.15, -0.1) is 0 Å². The molecule has 2 rings (SSSR count). The maximum atomic E-state index is 12.7. The van der Waals surface area contributed by atoms with Gasteiger partial charge >= 0.3 is 0 Å². The molecule has 0 radical (unpaired) electrons. The van der Waals surface area contributed by atoms with Crippen LogP contribution in [-0.4, -0.2) is 35.5 Å². The smallest absolute Gasteiger partial charge is 0.266 e. The van der Waals surface area contributed by atoms with Crippen LogP contribution in [0.2, 0.25) is 0 Å². The lowest BCUT2D eigenvalue weighted by Crippen LogP contribution is -2.52. The molecule has 0 unspecified atom stereocenters. The number of nitrogens with zero attached hydrogens (tertiary/aromatic N) is 1. The second-order valence-corrected chi connectivity index (χ2v) is 6.97. The van der Waals surface area contributed by atoms with Gasteiger partial charge in [0.25, 0.3) is 5.91 Å². The minimum atomic E-state index is -0.864. The van der Waals surface area contributed by atoms with Gasteiger partial charge in [-0.2, -0.15) is 0 Å². The van der Waals surface area contributed by atoms with E-state index in [0.29, 0.717) is 5.92 Å². The highest BCUT2D eigenvalue weighted by Crippen LogP contribution is 2.25. The lowest BCUT2D eigenvalue weighted by Gasteiger charge is -2.36. The summed E-state index contributed by atoms with van der Waals surface area (Å²) in [6.45, 7) is 9.41. The number of carbonyl (C=O) groups excluding carboxylic acids is 1. The molecule has 1 aliphatic heterocycles. The Balaban J connectivity index is 2.06. The number of nitrogens with two attached hydrogens (primary N) is 1. The average molecular weight is 304 g/mol. The summed E-state index contributed by atoms with van der Waals surface area (Å²) in [5.41, 5.74) is 6.25. The van der Waals surface area contributed by atoms with Crippen LogP contribution in [0.4, 0.5) is 0 Å². The van der Waals surface area contributed by atoms with Crippen molar-refractivity contribution < 1.29 is 9.53 Å². The number of hydrogen-bond donors (Lipinski definition) is 1. The fraction of sp³-hybridized carbons (Fsp3) is 0.611. The van der Waals surface area contributed by atoms with Crippen molar-refractivity contribution in [3.8, 4) is 5.75 Å². The highest BCUT2D eigenvalue weighted by Gasteiger charge is 2.35. The molecular weight excluding hydrogens is 276 g/mol. The Hall–Kier alpha value is -1.55. The van der Waals surface area contributed by atoms with E-state index in [9.17, 15) is 4.79 Å². The maximum absolute atomic E-state index is 12.7. The van der Waals surface area contributed by atoms with Gasteiger partial charge in [-0.25, -0.2) is 0 Å². The molecule has 0 aromatic heterocycles. The second kappa shape index (κ2) is 6.69. The van der Waals surface area contributed by atoms with E-state index < -0.39 is 5.60 Å². The lowest BCUT2D eigenvalue weighted by molar-refractivity contribution is -0.146. The van der Waals surface area contributed by atoms with Gasteiger partial charge in [0.15, 0.2) is 5.60 Å². The summed E-state index contributed by atoms with van der Waals surface area (Å²) in [4.78, 5) is 14.6. The van der Waals surface area contributed by atoms with E-state index in [1.54, 1.807) is 0 Å². The summed E-state index contributed by atoms with van der Waals surface area (Å²) in [6, 6.07) is 8.21. The van der Waals surface area contributed by atoms with Crippen molar-refractivity contribution in [3.05, 3.63) is 29.8 Å². The van der Waals surface area contributed by atoms with Crippen LogP contribution in [0, 0.1) is 0 Å². The van der Waals surface area contributed by atoms with Gasteiger partial charge in [-0.05, 0) is 50.3 Å². The molecule has 4 nitrogen and oxygen atoms in total. The number of piperidine rings is 1. The average Bonchev–Trinajstić information content (AvgIpc) is 2.47.